The number of benzene rings is 1. The zero-order valence-corrected chi connectivity index (χ0v) is 14.9. The quantitative estimate of drug-likeness (QED) is 0.876. The maximum absolute atomic E-state index is 14.0. The molecule has 0 unspecified atom stereocenters. The fourth-order valence-electron chi connectivity index (χ4n) is 2.63. The van der Waals surface area contributed by atoms with Crippen molar-refractivity contribution in [3.8, 4) is 5.75 Å². The molecule has 1 aromatic carbocycles. The molecule has 0 radical (unpaired) electrons. The summed E-state index contributed by atoms with van der Waals surface area (Å²) < 4.78 is 42.2. The first-order valence-electron chi connectivity index (χ1n) is 7.71. The van der Waals surface area contributed by atoms with Gasteiger partial charge in [0.2, 0.25) is 0 Å². The Hall–Kier alpha value is -1.51. The lowest BCUT2D eigenvalue weighted by molar-refractivity contribution is 0.285. The predicted octanol–water partition coefficient (Wildman–Crippen LogP) is 2.73. The van der Waals surface area contributed by atoms with Crippen LogP contribution in [0.5, 0.6) is 5.75 Å². The molecule has 1 aliphatic rings. The van der Waals surface area contributed by atoms with Crippen molar-refractivity contribution in [3.63, 3.8) is 0 Å². The van der Waals surface area contributed by atoms with E-state index in [4.69, 9.17) is 4.74 Å². The highest BCUT2D eigenvalue weighted by Crippen LogP contribution is 2.28. The van der Waals surface area contributed by atoms with Gasteiger partial charge in [-0.25, -0.2) is 17.8 Å². The van der Waals surface area contributed by atoms with Crippen LogP contribution in [0.2, 0.25) is 0 Å². The summed E-state index contributed by atoms with van der Waals surface area (Å²) in [6.07, 6.45) is 3.20. The van der Waals surface area contributed by atoms with Gasteiger partial charge in [0, 0.05) is 17.6 Å². The first kappa shape index (κ1) is 17.3. The number of hydrogen-bond donors (Lipinski definition) is 1. The van der Waals surface area contributed by atoms with E-state index in [9.17, 15) is 12.8 Å². The van der Waals surface area contributed by atoms with Crippen molar-refractivity contribution in [1.29, 1.82) is 0 Å². The van der Waals surface area contributed by atoms with E-state index in [0.717, 1.165) is 49.0 Å². The van der Waals surface area contributed by atoms with Crippen molar-refractivity contribution in [2.75, 3.05) is 19.3 Å². The van der Waals surface area contributed by atoms with Gasteiger partial charge in [0.25, 0.3) is 0 Å². The number of thiazole rings is 1. The molecule has 0 spiro atoms. The topological polar surface area (TPSA) is 68.3 Å². The van der Waals surface area contributed by atoms with E-state index in [1.54, 1.807) is 11.3 Å². The Labute approximate surface area is 144 Å². The Kier molecular flexibility index (Phi) is 5.17. The second kappa shape index (κ2) is 7.16. The van der Waals surface area contributed by atoms with Crippen LogP contribution in [-0.4, -0.2) is 32.7 Å². The highest BCUT2D eigenvalue weighted by atomic mass is 32.2. The third-order valence-corrected chi connectivity index (χ3v) is 6.13. The Bertz CT molecular complexity index is 814. The highest BCUT2D eigenvalue weighted by Gasteiger charge is 2.19. The SMILES string of the molecule is CS(=O)(=O)c1ccc(OCc2csc(C3CCNCC3)n2)c(F)c1. The van der Waals surface area contributed by atoms with Gasteiger partial charge in [-0.1, -0.05) is 0 Å². The molecule has 0 bridgehead atoms. The van der Waals surface area contributed by atoms with Gasteiger partial charge in [0.05, 0.1) is 15.6 Å². The molecule has 24 heavy (non-hydrogen) atoms. The van der Waals surface area contributed by atoms with E-state index in [1.165, 1.54) is 12.1 Å². The second-order valence-electron chi connectivity index (χ2n) is 5.85. The summed E-state index contributed by atoms with van der Waals surface area (Å²) >= 11 is 1.61. The van der Waals surface area contributed by atoms with Crippen LogP contribution in [0.1, 0.15) is 29.5 Å². The van der Waals surface area contributed by atoms with Gasteiger partial charge < -0.3 is 10.1 Å². The fourth-order valence-corrected chi connectivity index (χ4v) is 4.23. The van der Waals surface area contributed by atoms with Crippen LogP contribution < -0.4 is 10.1 Å². The van der Waals surface area contributed by atoms with Crippen LogP contribution in [0.3, 0.4) is 0 Å². The minimum Gasteiger partial charge on any atom is -0.484 e. The molecule has 1 N–H and O–H groups in total. The molecule has 1 fully saturated rings. The van der Waals surface area contributed by atoms with Crippen molar-refractivity contribution < 1.29 is 17.5 Å². The zero-order chi connectivity index (χ0) is 17.2. The number of rotatable bonds is 5. The first-order chi connectivity index (χ1) is 11.4. The summed E-state index contributed by atoms with van der Waals surface area (Å²) in [5, 5.41) is 6.36. The van der Waals surface area contributed by atoms with E-state index in [-0.39, 0.29) is 17.3 Å². The van der Waals surface area contributed by atoms with Crippen LogP contribution in [0.25, 0.3) is 0 Å². The number of nitrogens with zero attached hydrogens (tertiary/aromatic N) is 1. The molecule has 0 amide bonds. The zero-order valence-electron chi connectivity index (χ0n) is 13.3. The molecule has 1 saturated heterocycles. The number of piperidine rings is 1. The molecule has 130 valence electrons. The van der Waals surface area contributed by atoms with Crippen LogP contribution in [-0.2, 0) is 16.4 Å². The minimum atomic E-state index is -3.43. The number of sulfone groups is 1. The van der Waals surface area contributed by atoms with Crippen LogP contribution >= 0.6 is 11.3 Å². The van der Waals surface area contributed by atoms with Crippen LogP contribution in [0.4, 0.5) is 4.39 Å². The minimum absolute atomic E-state index is 0.0267. The number of hydrogen-bond acceptors (Lipinski definition) is 6. The molecule has 0 saturated carbocycles. The molecule has 8 heteroatoms. The highest BCUT2D eigenvalue weighted by molar-refractivity contribution is 7.90. The van der Waals surface area contributed by atoms with E-state index >= 15 is 0 Å². The molecule has 0 aliphatic carbocycles. The van der Waals surface area contributed by atoms with Gasteiger partial charge in [-0.15, -0.1) is 11.3 Å². The maximum Gasteiger partial charge on any atom is 0.175 e. The lowest BCUT2D eigenvalue weighted by Crippen LogP contribution is -2.26. The average molecular weight is 370 g/mol. The van der Waals surface area contributed by atoms with Crippen molar-refractivity contribution in [1.82, 2.24) is 10.3 Å². The summed E-state index contributed by atoms with van der Waals surface area (Å²) in [5.74, 6) is -0.179. The van der Waals surface area contributed by atoms with Gasteiger partial charge in [-0.05, 0) is 44.1 Å². The molecule has 3 rings (SSSR count). The Morgan fingerprint density at radius 1 is 1.38 bits per heavy atom. The van der Waals surface area contributed by atoms with Gasteiger partial charge in [0.1, 0.15) is 6.61 Å². The summed E-state index contributed by atoms with van der Waals surface area (Å²) in [7, 11) is -3.43. The molecule has 2 aromatic rings. The van der Waals surface area contributed by atoms with Crippen LogP contribution in [0, 0.1) is 5.82 Å². The maximum atomic E-state index is 14.0. The third-order valence-electron chi connectivity index (χ3n) is 3.96. The Balaban J connectivity index is 1.65. The lowest BCUT2D eigenvalue weighted by atomic mass is 9.99. The number of nitrogens with one attached hydrogen (secondary N) is 1. The first-order valence-corrected chi connectivity index (χ1v) is 10.5. The van der Waals surface area contributed by atoms with E-state index in [0.29, 0.717) is 5.92 Å². The fraction of sp³-hybridized carbons (Fsp3) is 0.438. The van der Waals surface area contributed by atoms with Crippen molar-refractivity contribution >= 4 is 21.2 Å². The molecular formula is C16H19FN2O3S2. The molecule has 2 heterocycles. The molecule has 5 nitrogen and oxygen atoms in total. The van der Waals surface area contributed by atoms with Gasteiger partial charge in [-0.2, -0.15) is 0 Å². The number of halogens is 1. The smallest absolute Gasteiger partial charge is 0.175 e. The number of aromatic nitrogens is 1. The summed E-state index contributed by atoms with van der Waals surface area (Å²) in [6, 6.07) is 3.66. The lowest BCUT2D eigenvalue weighted by Gasteiger charge is -2.20. The van der Waals surface area contributed by atoms with E-state index in [2.05, 4.69) is 10.3 Å². The predicted molar refractivity (Wildman–Crippen MR) is 90.8 cm³/mol. The molecule has 0 atom stereocenters. The normalized spacial score (nSPS) is 16.2. The Morgan fingerprint density at radius 2 is 2.12 bits per heavy atom. The molecular weight excluding hydrogens is 351 g/mol. The summed E-state index contributed by atoms with van der Waals surface area (Å²) in [6.45, 7) is 2.18. The van der Waals surface area contributed by atoms with Crippen molar-refractivity contribution in [2.45, 2.75) is 30.3 Å². The summed E-state index contributed by atoms with van der Waals surface area (Å²) in [4.78, 5) is 4.52. The third kappa shape index (κ3) is 4.12. The van der Waals surface area contributed by atoms with E-state index in [1.807, 2.05) is 5.38 Å². The Morgan fingerprint density at radius 3 is 2.79 bits per heavy atom. The van der Waals surface area contributed by atoms with Gasteiger partial charge >= 0.3 is 0 Å². The van der Waals surface area contributed by atoms with Gasteiger partial charge in [-0.3, -0.25) is 0 Å². The van der Waals surface area contributed by atoms with E-state index < -0.39 is 15.7 Å². The monoisotopic (exact) mass is 370 g/mol. The number of ether oxygens (including phenoxy) is 1. The van der Waals surface area contributed by atoms with Crippen molar-refractivity contribution in [2.24, 2.45) is 0 Å². The average Bonchev–Trinajstić information content (AvgIpc) is 3.02. The summed E-state index contributed by atoms with van der Waals surface area (Å²) in [5.41, 5.74) is 0.764. The van der Waals surface area contributed by atoms with Crippen molar-refractivity contribution in [3.05, 3.63) is 40.1 Å². The van der Waals surface area contributed by atoms with Gasteiger partial charge in [0.15, 0.2) is 21.4 Å². The molecule has 1 aliphatic heterocycles. The molecule has 1 aromatic heterocycles. The second-order valence-corrected chi connectivity index (χ2v) is 8.76. The van der Waals surface area contributed by atoms with Crippen LogP contribution in [0.15, 0.2) is 28.5 Å². The largest absolute Gasteiger partial charge is 0.484 e. The standard InChI is InChI=1S/C16H19FN2O3S2/c1-24(20,21)13-2-3-15(14(17)8-13)22-9-12-10-23-16(19-12)11-4-6-18-7-5-11/h2-3,8,10-11,18H,4-7,9H2,1H3.